The molecule has 3 atom stereocenters. The van der Waals surface area contributed by atoms with Crippen LogP contribution >= 0.6 is 15.9 Å². The summed E-state index contributed by atoms with van der Waals surface area (Å²) in [5.41, 5.74) is 8.76. The zero-order chi connectivity index (χ0) is 14.8. The smallest absolute Gasteiger partial charge is 0.0779 e. The maximum absolute atomic E-state index is 6.05. The summed E-state index contributed by atoms with van der Waals surface area (Å²) >= 11 is 3.60. The fourth-order valence-electron chi connectivity index (χ4n) is 3.74. The first-order chi connectivity index (χ1) is 10.1. The SMILES string of the molecule is CC(N)Cc1cc(Br)ccc1N1CCOC2CCCCC21. The van der Waals surface area contributed by atoms with Gasteiger partial charge < -0.3 is 15.4 Å². The van der Waals surface area contributed by atoms with Crippen molar-refractivity contribution in [2.45, 2.75) is 57.2 Å². The number of halogens is 1. The molecular weight excluding hydrogens is 328 g/mol. The molecule has 1 aliphatic carbocycles. The van der Waals surface area contributed by atoms with Crippen LogP contribution in [0.5, 0.6) is 0 Å². The minimum atomic E-state index is 0.182. The zero-order valence-electron chi connectivity index (χ0n) is 12.7. The summed E-state index contributed by atoms with van der Waals surface area (Å²) in [6.07, 6.45) is 6.42. The van der Waals surface area contributed by atoms with Crippen LogP contribution < -0.4 is 10.6 Å². The lowest BCUT2D eigenvalue weighted by Gasteiger charge is -2.45. The van der Waals surface area contributed by atoms with Crippen molar-refractivity contribution in [2.75, 3.05) is 18.1 Å². The maximum atomic E-state index is 6.05. The van der Waals surface area contributed by atoms with Gasteiger partial charge in [-0.2, -0.15) is 0 Å². The first-order valence-electron chi connectivity index (χ1n) is 8.07. The molecule has 3 unspecified atom stereocenters. The largest absolute Gasteiger partial charge is 0.374 e. The van der Waals surface area contributed by atoms with Gasteiger partial charge in [0.25, 0.3) is 0 Å². The van der Waals surface area contributed by atoms with E-state index >= 15 is 0 Å². The Bertz CT molecular complexity index is 490. The van der Waals surface area contributed by atoms with Crippen LogP contribution in [0.15, 0.2) is 22.7 Å². The second-order valence-corrected chi connectivity index (χ2v) is 7.32. The van der Waals surface area contributed by atoms with E-state index in [9.17, 15) is 0 Å². The van der Waals surface area contributed by atoms with E-state index < -0.39 is 0 Å². The maximum Gasteiger partial charge on any atom is 0.0779 e. The quantitative estimate of drug-likeness (QED) is 0.904. The molecule has 1 aliphatic heterocycles. The Morgan fingerprint density at radius 1 is 1.38 bits per heavy atom. The van der Waals surface area contributed by atoms with Gasteiger partial charge in [-0.3, -0.25) is 0 Å². The lowest BCUT2D eigenvalue weighted by molar-refractivity contribution is -0.00873. The molecule has 0 aromatic heterocycles. The van der Waals surface area contributed by atoms with Crippen molar-refractivity contribution < 1.29 is 4.74 Å². The Labute approximate surface area is 136 Å². The molecule has 0 bridgehead atoms. The molecule has 1 aromatic rings. The minimum Gasteiger partial charge on any atom is -0.374 e. The Kier molecular flexibility index (Phi) is 4.87. The summed E-state index contributed by atoms with van der Waals surface area (Å²) in [6, 6.07) is 7.35. The molecular formula is C17H25BrN2O. The predicted molar refractivity (Wildman–Crippen MR) is 90.8 cm³/mol. The summed E-state index contributed by atoms with van der Waals surface area (Å²) in [6.45, 7) is 3.91. The molecule has 21 heavy (non-hydrogen) atoms. The number of hydrogen-bond acceptors (Lipinski definition) is 3. The number of benzene rings is 1. The number of anilines is 1. The number of rotatable bonds is 3. The minimum absolute atomic E-state index is 0.182. The van der Waals surface area contributed by atoms with Gasteiger partial charge in [-0.15, -0.1) is 0 Å². The highest BCUT2D eigenvalue weighted by molar-refractivity contribution is 9.10. The Hall–Kier alpha value is -0.580. The third-order valence-corrected chi connectivity index (χ3v) is 5.12. The van der Waals surface area contributed by atoms with Gasteiger partial charge in [0.05, 0.1) is 18.8 Å². The zero-order valence-corrected chi connectivity index (χ0v) is 14.3. The number of nitrogens with zero attached hydrogens (tertiary/aromatic N) is 1. The lowest BCUT2D eigenvalue weighted by atomic mass is 9.89. The number of hydrogen-bond donors (Lipinski definition) is 1. The van der Waals surface area contributed by atoms with Crippen molar-refractivity contribution in [2.24, 2.45) is 5.73 Å². The molecule has 1 saturated heterocycles. The molecule has 1 heterocycles. The monoisotopic (exact) mass is 352 g/mol. The molecule has 2 N–H and O–H groups in total. The second kappa shape index (κ2) is 6.67. The highest BCUT2D eigenvalue weighted by Gasteiger charge is 2.35. The molecule has 3 rings (SSSR count). The number of morpholine rings is 1. The van der Waals surface area contributed by atoms with E-state index in [0.29, 0.717) is 12.1 Å². The van der Waals surface area contributed by atoms with Gasteiger partial charge in [-0.25, -0.2) is 0 Å². The van der Waals surface area contributed by atoms with Gasteiger partial charge in [0, 0.05) is 22.7 Å². The van der Waals surface area contributed by atoms with Gasteiger partial charge in [-0.1, -0.05) is 28.8 Å². The molecule has 1 saturated carbocycles. The summed E-state index contributed by atoms with van der Waals surface area (Å²) in [5, 5.41) is 0. The molecule has 3 nitrogen and oxygen atoms in total. The van der Waals surface area contributed by atoms with Crippen LogP contribution in [0.2, 0.25) is 0 Å². The van der Waals surface area contributed by atoms with Crippen molar-refractivity contribution in [1.82, 2.24) is 0 Å². The molecule has 2 aliphatic rings. The first-order valence-corrected chi connectivity index (χ1v) is 8.86. The van der Waals surface area contributed by atoms with E-state index in [2.05, 4.69) is 46.0 Å². The van der Waals surface area contributed by atoms with Crippen molar-refractivity contribution in [3.8, 4) is 0 Å². The van der Waals surface area contributed by atoms with E-state index in [1.807, 2.05) is 0 Å². The number of nitrogens with two attached hydrogens (primary N) is 1. The molecule has 116 valence electrons. The van der Waals surface area contributed by atoms with Crippen LogP contribution in [-0.4, -0.2) is 31.3 Å². The van der Waals surface area contributed by atoms with E-state index in [1.165, 1.54) is 36.9 Å². The van der Waals surface area contributed by atoms with Crippen LogP contribution in [0.3, 0.4) is 0 Å². The van der Waals surface area contributed by atoms with Crippen molar-refractivity contribution in [3.63, 3.8) is 0 Å². The molecule has 0 amide bonds. The third-order valence-electron chi connectivity index (χ3n) is 4.62. The second-order valence-electron chi connectivity index (χ2n) is 6.41. The van der Waals surface area contributed by atoms with E-state index in [4.69, 9.17) is 10.5 Å². The third kappa shape index (κ3) is 3.43. The molecule has 1 aromatic carbocycles. The normalized spacial score (nSPS) is 27.3. The molecule has 2 fully saturated rings. The summed E-state index contributed by atoms with van der Waals surface area (Å²) in [4.78, 5) is 2.58. The fourth-order valence-corrected chi connectivity index (χ4v) is 4.15. The number of ether oxygens (including phenoxy) is 1. The molecule has 0 spiro atoms. The van der Waals surface area contributed by atoms with E-state index in [0.717, 1.165) is 24.0 Å². The van der Waals surface area contributed by atoms with Gasteiger partial charge >= 0.3 is 0 Å². The molecule has 4 heteroatoms. The fraction of sp³-hybridized carbons (Fsp3) is 0.647. The summed E-state index contributed by atoms with van der Waals surface area (Å²) in [5.74, 6) is 0. The van der Waals surface area contributed by atoms with Crippen LogP contribution in [0.4, 0.5) is 5.69 Å². The highest BCUT2D eigenvalue weighted by atomic mass is 79.9. The van der Waals surface area contributed by atoms with Crippen LogP contribution in [0.25, 0.3) is 0 Å². The average molecular weight is 353 g/mol. The van der Waals surface area contributed by atoms with Crippen LogP contribution in [0.1, 0.15) is 38.2 Å². The Morgan fingerprint density at radius 2 is 2.19 bits per heavy atom. The van der Waals surface area contributed by atoms with Gasteiger partial charge in [-0.05, 0) is 49.9 Å². The number of fused-ring (bicyclic) bond motifs is 1. The average Bonchev–Trinajstić information content (AvgIpc) is 2.46. The predicted octanol–water partition coefficient (Wildman–Crippen LogP) is 3.49. The van der Waals surface area contributed by atoms with Crippen LogP contribution in [-0.2, 0) is 11.2 Å². The van der Waals surface area contributed by atoms with Crippen molar-refractivity contribution in [3.05, 3.63) is 28.2 Å². The molecule has 0 radical (unpaired) electrons. The van der Waals surface area contributed by atoms with Gasteiger partial charge in [0.15, 0.2) is 0 Å². The highest BCUT2D eigenvalue weighted by Crippen LogP contribution is 2.35. The summed E-state index contributed by atoms with van der Waals surface area (Å²) in [7, 11) is 0. The van der Waals surface area contributed by atoms with Gasteiger partial charge in [0.1, 0.15) is 0 Å². The summed E-state index contributed by atoms with van der Waals surface area (Å²) < 4.78 is 7.14. The van der Waals surface area contributed by atoms with Gasteiger partial charge in [0.2, 0.25) is 0 Å². The standard InChI is InChI=1S/C17H25BrN2O/c1-12(19)10-13-11-14(18)6-7-15(13)20-8-9-21-17-5-3-2-4-16(17)20/h6-7,11-12,16-17H,2-5,8-10,19H2,1H3. The Morgan fingerprint density at radius 3 is 3.00 bits per heavy atom. The van der Waals surface area contributed by atoms with Crippen molar-refractivity contribution >= 4 is 21.6 Å². The van der Waals surface area contributed by atoms with Crippen molar-refractivity contribution in [1.29, 1.82) is 0 Å². The lowest BCUT2D eigenvalue weighted by Crippen LogP contribution is -2.53. The van der Waals surface area contributed by atoms with E-state index in [-0.39, 0.29) is 6.04 Å². The first kappa shape index (κ1) is 15.3. The van der Waals surface area contributed by atoms with E-state index in [1.54, 1.807) is 0 Å². The Balaban J connectivity index is 1.90. The topological polar surface area (TPSA) is 38.5 Å². The van der Waals surface area contributed by atoms with Crippen LogP contribution in [0, 0.1) is 0 Å².